The Bertz CT molecular complexity index is 479. The molecular weight excluding hydrogens is 222 g/mol. The van der Waals surface area contributed by atoms with Crippen LogP contribution in [0.2, 0.25) is 0 Å². The highest BCUT2D eigenvalue weighted by molar-refractivity contribution is 5.91. The molecule has 3 atom stereocenters. The molecule has 2 fully saturated rings. The minimum Gasteiger partial charge on any atom is -0.299 e. The van der Waals surface area contributed by atoms with Gasteiger partial charge in [0.25, 0.3) is 0 Å². The van der Waals surface area contributed by atoms with E-state index in [0.717, 1.165) is 18.5 Å². The minimum absolute atomic E-state index is 0.100. The molecule has 2 nitrogen and oxygen atoms in total. The highest BCUT2D eigenvalue weighted by atomic mass is 16.1. The Morgan fingerprint density at radius 1 is 1.33 bits per heavy atom. The number of Topliss-reactive ketones (excluding diaryl/α,β-unsaturated/α-hetero) is 1. The topological polar surface area (TPSA) is 30.0 Å². The molecule has 18 heavy (non-hydrogen) atoms. The maximum Gasteiger partial charge on any atom is 0.143 e. The zero-order valence-electron chi connectivity index (χ0n) is 11.4. The lowest BCUT2D eigenvalue weighted by molar-refractivity contribution is -0.131. The SMILES string of the molecule is CC1(C)[C@@H]2CC[C@@]1(C)C(=O)[C@@H]2Cc1ccccn1. The van der Waals surface area contributed by atoms with Gasteiger partial charge in [0, 0.05) is 23.2 Å². The van der Waals surface area contributed by atoms with E-state index < -0.39 is 0 Å². The third-order valence-electron chi connectivity index (χ3n) is 5.83. The van der Waals surface area contributed by atoms with Crippen LogP contribution in [0.1, 0.15) is 39.3 Å². The van der Waals surface area contributed by atoms with Crippen LogP contribution in [0.25, 0.3) is 0 Å². The lowest BCUT2D eigenvalue weighted by Gasteiger charge is -2.32. The maximum absolute atomic E-state index is 12.7. The first-order valence-corrected chi connectivity index (χ1v) is 6.91. The average molecular weight is 243 g/mol. The summed E-state index contributed by atoms with van der Waals surface area (Å²) < 4.78 is 0. The van der Waals surface area contributed by atoms with Crippen molar-refractivity contribution in [3.8, 4) is 0 Å². The Hall–Kier alpha value is -1.18. The number of ketones is 1. The Morgan fingerprint density at radius 3 is 2.67 bits per heavy atom. The second-order valence-corrected chi connectivity index (χ2v) is 6.69. The van der Waals surface area contributed by atoms with Gasteiger partial charge in [0.2, 0.25) is 0 Å². The Labute approximate surface area is 109 Å². The number of pyridine rings is 1. The maximum atomic E-state index is 12.7. The molecule has 1 aromatic heterocycles. The van der Waals surface area contributed by atoms with Crippen molar-refractivity contribution >= 4 is 5.78 Å². The Kier molecular flexibility index (Phi) is 2.42. The molecule has 1 heterocycles. The molecule has 2 aliphatic carbocycles. The van der Waals surface area contributed by atoms with Crippen LogP contribution in [-0.2, 0) is 11.2 Å². The molecule has 0 N–H and O–H groups in total. The normalized spacial score (nSPS) is 37.2. The quantitative estimate of drug-likeness (QED) is 0.798. The van der Waals surface area contributed by atoms with Crippen LogP contribution in [0.15, 0.2) is 24.4 Å². The predicted molar refractivity (Wildman–Crippen MR) is 71.1 cm³/mol. The van der Waals surface area contributed by atoms with Crippen LogP contribution < -0.4 is 0 Å². The smallest absolute Gasteiger partial charge is 0.143 e. The van der Waals surface area contributed by atoms with Crippen LogP contribution >= 0.6 is 0 Å². The molecule has 2 saturated carbocycles. The van der Waals surface area contributed by atoms with Gasteiger partial charge in [-0.05, 0) is 42.7 Å². The lowest BCUT2D eigenvalue weighted by atomic mass is 9.70. The van der Waals surface area contributed by atoms with Gasteiger partial charge >= 0.3 is 0 Å². The van der Waals surface area contributed by atoms with Gasteiger partial charge in [-0.15, -0.1) is 0 Å². The molecule has 0 aliphatic heterocycles. The van der Waals surface area contributed by atoms with Gasteiger partial charge in [-0.2, -0.15) is 0 Å². The standard InChI is InChI=1S/C16H21NO/c1-15(2)13-7-8-16(15,3)14(18)12(13)10-11-6-4-5-9-17-11/h4-6,9,12-13H,7-8,10H2,1-3H3/t12-,13-,16+/m1/s1. The van der Waals surface area contributed by atoms with Crippen molar-refractivity contribution in [2.75, 3.05) is 0 Å². The summed E-state index contributed by atoms with van der Waals surface area (Å²) in [7, 11) is 0. The van der Waals surface area contributed by atoms with E-state index in [2.05, 4.69) is 25.8 Å². The molecule has 2 bridgehead atoms. The molecule has 0 spiro atoms. The van der Waals surface area contributed by atoms with E-state index in [0.29, 0.717) is 11.7 Å². The number of carbonyl (C=O) groups excluding carboxylic acids is 1. The molecular formula is C16H21NO. The zero-order valence-corrected chi connectivity index (χ0v) is 11.4. The predicted octanol–water partition coefficient (Wildman–Crippen LogP) is 3.27. The molecule has 1 aromatic rings. The van der Waals surface area contributed by atoms with Crippen molar-refractivity contribution in [1.82, 2.24) is 4.98 Å². The second-order valence-electron chi connectivity index (χ2n) is 6.69. The van der Waals surface area contributed by atoms with Gasteiger partial charge in [-0.25, -0.2) is 0 Å². The molecule has 0 unspecified atom stereocenters. The summed E-state index contributed by atoms with van der Waals surface area (Å²) in [5.74, 6) is 1.21. The molecule has 2 aliphatic rings. The van der Waals surface area contributed by atoms with Crippen molar-refractivity contribution < 1.29 is 4.79 Å². The number of rotatable bonds is 2. The van der Waals surface area contributed by atoms with Crippen molar-refractivity contribution in [2.45, 2.75) is 40.0 Å². The van der Waals surface area contributed by atoms with Crippen LogP contribution in [-0.4, -0.2) is 10.8 Å². The minimum atomic E-state index is -0.100. The number of hydrogen-bond donors (Lipinski definition) is 0. The molecule has 96 valence electrons. The van der Waals surface area contributed by atoms with Crippen LogP contribution in [0, 0.1) is 22.7 Å². The number of nitrogens with zero attached hydrogens (tertiary/aromatic N) is 1. The van der Waals surface area contributed by atoms with E-state index in [1.54, 1.807) is 0 Å². The van der Waals surface area contributed by atoms with E-state index in [1.165, 1.54) is 6.42 Å². The highest BCUT2D eigenvalue weighted by Crippen LogP contribution is 2.66. The first-order valence-electron chi connectivity index (χ1n) is 6.91. The third-order valence-corrected chi connectivity index (χ3v) is 5.83. The number of fused-ring (bicyclic) bond motifs is 2. The molecule has 2 heteroatoms. The number of hydrogen-bond acceptors (Lipinski definition) is 2. The van der Waals surface area contributed by atoms with Crippen molar-refractivity contribution in [3.05, 3.63) is 30.1 Å². The van der Waals surface area contributed by atoms with Crippen molar-refractivity contribution in [1.29, 1.82) is 0 Å². The summed E-state index contributed by atoms with van der Waals surface area (Å²) in [6.07, 6.45) is 4.91. The van der Waals surface area contributed by atoms with Gasteiger partial charge < -0.3 is 0 Å². The van der Waals surface area contributed by atoms with Gasteiger partial charge in [-0.3, -0.25) is 9.78 Å². The summed E-state index contributed by atoms with van der Waals surface area (Å²) in [6.45, 7) is 6.73. The summed E-state index contributed by atoms with van der Waals surface area (Å²) in [6, 6.07) is 5.97. The van der Waals surface area contributed by atoms with Gasteiger partial charge in [0.05, 0.1) is 0 Å². The lowest BCUT2D eigenvalue weighted by Crippen LogP contribution is -2.33. The molecule has 0 radical (unpaired) electrons. The molecule has 3 rings (SSSR count). The summed E-state index contributed by atoms with van der Waals surface area (Å²) in [5.41, 5.74) is 1.11. The zero-order chi connectivity index (χ0) is 13.0. The molecule has 0 saturated heterocycles. The monoisotopic (exact) mass is 243 g/mol. The van der Waals surface area contributed by atoms with Crippen LogP contribution in [0.3, 0.4) is 0 Å². The molecule has 0 amide bonds. The highest BCUT2D eigenvalue weighted by Gasteiger charge is 2.65. The van der Waals surface area contributed by atoms with Gasteiger partial charge in [-0.1, -0.05) is 26.8 Å². The fourth-order valence-corrected chi connectivity index (χ4v) is 4.25. The number of aromatic nitrogens is 1. The van der Waals surface area contributed by atoms with E-state index in [9.17, 15) is 4.79 Å². The van der Waals surface area contributed by atoms with Gasteiger partial charge in [0.1, 0.15) is 5.78 Å². The first kappa shape index (κ1) is 11.9. The third kappa shape index (κ3) is 1.35. The fourth-order valence-electron chi connectivity index (χ4n) is 4.25. The van der Waals surface area contributed by atoms with E-state index >= 15 is 0 Å². The largest absolute Gasteiger partial charge is 0.299 e. The van der Waals surface area contributed by atoms with E-state index in [4.69, 9.17) is 0 Å². The van der Waals surface area contributed by atoms with Gasteiger partial charge in [0.15, 0.2) is 0 Å². The summed E-state index contributed by atoms with van der Waals surface area (Å²) in [4.78, 5) is 17.1. The summed E-state index contributed by atoms with van der Waals surface area (Å²) >= 11 is 0. The second kappa shape index (κ2) is 3.66. The average Bonchev–Trinajstić information content (AvgIpc) is 2.65. The van der Waals surface area contributed by atoms with Crippen molar-refractivity contribution in [2.24, 2.45) is 22.7 Å². The summed E-state index contributed by atoms with van der Waals surface area (Å²) in [5, 5.41) is 0. The Balaban J connectivity index is 1.90. The van der Waals surface area contributed by atoms with E-state index in [1.807, 2.05) is 24.4 Å². The fraction of sp³-hybridized carbons (Fsp3) is 0.625. The van der Waals surface area contributed by atoms with Crippen LogP contribution in [0.4, 0.5) is 0 Å². The first-order chi connectivity index (χ1) is 8.47. The Morgan fingerprint density at radius 2 is 2.11 bits per heavy atom. The van der Waals surface area contributed by atoms with Crippen LogP contribution in [0.5, 0.6) is 0 Å². The number of carbonyl (C=O) groups is 1. The van der Waals surface area contributed by atoms with E-state index in [-0.39, 0.29) is 16.7 Å². The van der Waals surface area contributed by atoms with Crippen molar-refractivity contribution in [3.63, 3.8) is 0 Å². The molecule has 0 aromatic carbocycles.